The molecule has 3 heteroatoms. The van der Waals surface area contributed by atoms with Crippen LogP contribution in [-0.4, -0.2) is 24.1 Å². The molecule has 1 aromatic rings. The molecule has 1 aliphatic heterocycles. The zero-order valence-corrected chi connectivity index (χ0v) is 10.3. The van der Waals surface area contributed by atoms with Crippen molar-refractivity contribution in [2.24, 2.45) is 17.6 Å². The van der Waals surface area contributed by atoms with Gasteiger partial charge in [-0.1, -0.05) is 0 Å². The molecule has 92 valence electrons. The van der Waals surface area contributed by atoms with Gasteiger partial charge in [-0.2, -0.15) is 0 Å². The summed E-state index contributed by atoms with van der Waals surface area (Å²) in [4.78, 5) is 6.81. The largest absolute Gasteiger partial charge is 0.367 e. The number of rotatable bonds is 3. The van der Waals surface area contributed by atoms with Crippen LogP contribution in [0.2, 0.25) is 0 Å². The van der Waals surface area contributed by atoms with E-state index in [1.807, 2.05) is 18.5 Å². The lowest BCUT2D eigenvalue weighted by Gasteiger charge is -2.42. The van der Waals surface area contributed by atoms with E-state index in [9.17, 15) is 0 Å². The van der Waals surface area contributed by atoms with Crippen molar-refractivity contribution in [3.63, 3.8) is 0 Å². The smallest absolute Gasteiger partial charge is 0.0555 e. The van der Waals surface area contributed by atoms with Crippen molar-refractivity contribution < 1.29 is 0 Å². The van der Waals surface area contributed by atoms with Crippen molar-refractivity contribution in [1.29, 1.82) is 0 Å². The van der Waals surface area contributed by atoms with E-state index in [-0.39, 0.29) is 0 Å². The van der Waals surface area contributed by atoms with Gasteiger partial charge in [-0.15, -0.1) is 0 Å². The second-order valence-corrected chi connectivity index (χ2v) is 5.37. The second kappa shape index (κ2) is 4.65. The normalized spacial score (nSPS) is 29.4. The molecule has 0 amide bonds. The average Bonchev–Trinajstić information content (AvgIpc) is 3.23. The minimum absolute atomic E-state index is 0.665. The summed E-state index contributed by atoms with van der Waals surface area (Å²) in [6, 6.07) is 4.88. The standard InChI is InChI=1S/C14H21N3/c15-9-12-3-2-8-17(14(12)11-5-6-11)13-4-1-7-16-10-13/h1,4,7,10-12,14H,2-3,5-6,8-9,15H2/t12-,14-/m1/s1. The third-order valence-electron chi connectivity index (χ3n) is 4.20. The minimum atomic E-state index is 0.665. The monoisotopic (exact) mass is 231 g/mol. The van der Waals surface area contributed by atoms with E-state index in [4.69, 9.17) is 5.73 Å². The highest BCUT2D eigenvalue weighted by molar-refractivity contribution is 5.46. The first-order valence-electron chi connectivity index (χ1n) is 6.77. The fourth-order valence-electron chi connectivity index (χ4n) is 3.26. The Kier molecular flexibility index (Phi) is 3.02. The molecule has 0 unspecified atom stereocenters. The highest BCUT2D eigenvalue weighted by atomic mass is 15.2. The average molecular weight is 231 g/mol. The predicted molar refractivity (Wildman–Crippen MR) is 69.9 cm³/mol. The number of nitrogens with two attached hydrogens (primary N) is 1. The molecule has 0 bridgehead atoms. The zero-order valence-electron chi connectivity index (χ0n) is 10.3. The van der Waals surface area contributed by atoms with E-state index in [0.717, 1.165) is 12.5 Å². The van der Waals surface area contributed by atoms with Crippen LogP contribution in [0.25, 0.3) is 0 Å². The number of nitrogens with zero attached hydrogens (tertiary/aromatic N) is 2. The lowest BCUT2D eigenvalue weighted by Crippen LogP contribution is -2.49. The van der Waals surface area contributed by atoms with Gasteiger partial charge in [0.1, 0.15) is 0 Å². The molecule has 17 heavy (non-hydrogen) atoms. The van der Waals surface area contributed by atoms with Crippen LogP contribution < -0.4 is 10.6 Å². The number of hydrogen-bond donors (Lipinski definition) is 1. The Balaban J connectivity index is 1.85. The van der Waals surface area contributed by atoms with Crippen LogP contribution in [0.15, 0.2) is 24.5 Å². The van der Waals surface area contributed by atoms with Crippen LogP contribution in [0.3, 0.4) is 0 Å². The molecular weight excluding hydrogens is 210 g/mol. The molecule has 0 radical (unpaired) electrons. The van der Waals surface area contributed by atoms with E-state index >= 15 is 0 Å². The summed E-state index contributed by atoms with van der Waals surface area (Å²) in [5, 5.41) is 0. The van der Waals surface area contributed by atoms with Crippen molar-refractivity contribution in [1.82, 2.24) is 4.98 Å². The minimum Gasteiger partial charge on any atom is -0.367 e. The Morgan fingerprint density at radius 3 is 2.88 bits per heavy atom. The van der Waals surface area contributed by atoms with E-state index in [0.29, 0.717) is 12.0 Å². The first-order valence-corrected chi connectivity index (χ1v) is 6.77. The van der Waals surface area contributed by atoms with Crippen molar-refractivity contribution in [3.8, 4) is 0 Å². The van der Waals surface area contributed by atoms with Crippen LogP contribution in [0.4, 0.5) is 5.69 Å². The quantitative estimate of drug-likeness (QED) is 0.865. The molecule has 0 aromatic carbocycles. The van der Waals surface area contributed by atoms with Crippen molar-refractivity contribution in [3.05, 3.63) is 24.5 Å². The zero-order chi connectivity index (χ0) is 11.7. The van der Waals surface area contributed by atoms with E-state index in [2.05, 4.69) is 16.0 Å². The van der Waals surface area contributed by atoms with Crippen LogP contribution in [0, 0.1) is 11.8 Å². The molecule has 1 aromatic heterocycles. The summed E-state index contributed by atoms with van der Waals surface area (Å²) in [7, 11) is 0. The lowest BCUT2D eigenvalue weighted by molar-refractivity contribution is 0.302. The fourth-order valence-corrected chi connectivity index (χ4v) is 3.26. The van der Waals surface area contributed by atoms with Crippen molar-refractivity contribution >= 4 is 5.69 Å². The van der Waals surface area contributed by atoms with Crippen LogP contribution in [0.5, 0.6) is 0 Å². The number of pyridine rings is 1. The van der Waals surface area contributed by atoms with Gasteiger partial charge in [0.25, 0.3) is 0 Å². The summed E-state index contributed by atoms with van der Waals surface area (Å²) in [5.41, 5.74) is 7.24. The Hall–Kier alpha value is -1.09. The molecule has 1 saturated heterocycles. The summed E-state index contributed by atoms with van der Waals surface area (Å²) < 4.78 is 0. The molecule has 2 N–H and O–H groups in total. The Labute approximate surface area is 103 Å². The number of aromatic nitrogens is 1. The maximum Gasteiger partial charge on any atom is 0.0555 e. The molecular formula is C14H21N3. The lowest BCUT2D eigenvalue weighted by atomic mass is 9.86. The van der Waals surface area contributed by atoms with Gasteiger partial charge in [0.2, 0.25) is 0 Å². The van der Waals surface area contributed by atoms with Gasteiger partial charge in [0, 0.05) is 18.8 Å². The van der Waals surface area contributed by atoms with Crippen LogP contribution in [-0.2, 0) is 0 Å². The van der Waals surface area contributed by atoms with E-state index in [1.165, 1.54) is 37.9 Å². The van der Waals surface area contributed by atoms with Crippen molar-refractivity contribution in [2.75, 3.05) is 18.0 Å². The topological polar surface area (TPSA) is 42.1 Å². The number of anilines is 1. The molecule has 2 fully saturated rings. The van der Waals surface area contributed by atoms with Crippen LogP contribution in [0.1, 0.15) is 25.7 Å². The van der Waals surface area contributed by atoms with Gasteiger partial charge < -0.3 is 10.6 Å². The van der Waals surface area contributed by atoms with E-state index in [1.54, 1.807) is 0 Å². The maximum absolute atomic E-state index is 5.96. The molecule has 2 atom stereocenters. The molecule has 2 heterocycles. The second-order valence-electron chi connectivity index (χ2n) is 5.37. The molecule has 2 aliphatic rings. The van der Waals surface area contributed by atoms with Gasteiger partial charge in [-0.25, -0.2) is 0 Å². The summed E-state index contributed by atoms with van der Waals surface area (Å²) >= 11 is 0. The predicted octanol–water partition coefficient (Wildman–Crippen LogP) is 2.04. The molecule has 1 aliphatic carbocycles. The molecule has 3 nitrogen and oxygen atoms in total. The van der Waals surface area contributed by atoms with E-state index < -0.39 is 0 Å². The SMILES string of the molecule is NC[C@H]1CCCN(c2cccnc2)[C@@H]1C1CC1. The maximum atomic E-state index is 5.96. The highest BCUT2D eigenvalue weighted by Crippen LogP contribution is 2.43. The Morgan fingerprint density at radius 2 is 2.24 bits per heavy atom. The van der Waals surface area contributed by atoms with Gasteiger partial charge >= 0.3 is 0 Å². The van der Waals surface area contributed by atoms with Gasteiger partial charge in [0.05, 0.1) is 11.9 Å². The first kappa shape index (κ1) is 11.0. The third kappa shape index (κ3) is 2.16. The molecule has 0 spiro atoms. The summed E-state index contributed by atoms with van der Waals surface area (Å²) in [6.45, 7) is 2.00. The summed E-state index contributed by atoms with van der Waals surface area (Å²) in [5.74, 6) is 1.56. The number of hydrogen-bond acceptors (Lipinski definition) is 3. The third-order valence-corrected chi connectivity index (χ3v) is 4.20. The van der Waals surface area contributed by atoms with Gasteiger partial charge in [-0.3, -0.25) is 4.98 Å². The summed E-state index contributed by atoms with van der Waals surface area (Å²) in [6.07, 6.45) is 9.18. The first-order chi connectivity index (χ1) is 8.40. The highest BCUT2D eigenvalue weighted by Gasteiger charge is 2.41. The molecule has 3 rings (SSSR count). The van der Waals surface area contributed by atoms with Crippen LogP contribution >= 0.6 is 0 Å². The Morgan fingerprint density at radius 1 is 1.35 bits per heavy atom. The number of piperidine rings is 1. The van der Waals surface area contributed by atoms with Crippen molar-refractivity contribution in [2.45, 2.75) is 31.7 Å². The van der Waals surface area contributed by atoms with Gasteiger partial charge in [0.15, 0.2) is 0 Å². The molecule has 1 saturated carbocycles. The van der Waals surface area contributed by atoms with Gasteiger partial charge in [-0.05, 0) is 56.2 Å². The fraction of sp³-hybridized carbons (Fsp3) is 0.643. The Bertz CT molecular complexity index is 361.